The molecule has 2 aromatic heterocycles. The molecular formula is C23H27N3O2S. The summed E-state index contributed by atoms with van der Waals surface area (Å²) in [6, 6.07) is 9.99. The average Bonchev–Trinajstić information content (AvgIpc) is 3.07. The molecule has 29 heavy (non-hydrogen) atoms. The zero-order valence-corrected chi connectivity index (χ0v) is 18.0. The van der Waals surface area contributed by atoms with Crippen LogP contribution in [-0.2, 0) is 30.7 Å². The summed E-state index contributed by atoms with van der Waals surface area (Å²) >= 11 is 1.64. The van der Waals surface area contributed by atoms with E-state index in [1.807, 2.05) is 49.1 Å². The molecule has 0 bridgehead atoms. The van der Waals surface area contributed by atoms with Gasteiger partial charge in [0.25, 0.3) is 5.56 Å². The third kappa shape index (κ3) is 3.99. The third-order valence-corrected chi connectivity index (χ3v) is 6.89. The van der Waals surface area contributed by atoms with Crippen LogP contribution in [0.1, 0.15) is 43.2 Å². The lowest BCUT2D eigenvalue weighted by Gasteiger charge is -2.27. The van der Waals surface area contributed by atoms with Gasteiger partial charge in [-0.15, -0.1) is 11.3 Å². The molecule has 0 aliphatic heterocycles. The Labute approximate surface area is 175 Å². The van der Waals surface area contributed by atoms with Gasteiger partial charge >= 0.3 is 0 Å². The Morgan fingerprint density at radius 3 is 2.79 bits per heavy atom. The first kappa shape index (κ1) is 19.8. The van der Waals surface area contributed by atoms with Crippen molar-refractivity contribution in [2.24, 2.45) is 5.92 Å². The summed E-state index contributed by atoms with van der Waals surface area (Å²) in [4.78, 5) is 34.7. The molecule has 4 rings (SSSR count). The van der Waals surface area contributed by atoms with Crippen molar-refractivity contribution >= 4 is 27.5 Å². The molecule has 0 spiro atoms. The van der Waals surface area contributed by atoms with Crippen LogP contribution in [0, 0.1) is 5.92 Å². The highest BCUT2D eigenvalue weighted by atomic mass is 32.1. The van der Waals surface area contributed by atoms with Crippen LogP contribution in [0.25, 0.3) is 10.2 Å². The minimum Gasteiger partial charge on any atom is -0.334 e. The summed E-state index contributed by atoms with van der Waals surface area (Å²) in [5.41, 5.74) is 2.16. The number of thiophene rings is 1. The maximum absolute atomic E-state index is 13.2. The van der Waals surface area contributed by atoms with E-state index in [0.29, 0.717) is 12.5 Å². The number of aromatic nitrogens is 2. The van der Waals surface area contributed by atoms with Gasteiger partial charge in [0, 0.05) is 17.5 Å². The molecule has 5 nitrogen and oxygen atoms in total. The molecule has 1 aliphatic rings. The van der Waals surface area contributed by atoms with Crippen molar-refractivity contribution in [3.05, 3.63) is 63.0 Å². The van der Waals surface area contributed by atoms with Crippen molar-refractivity contribution in [3.63, 3.8) is 0 Å². The maximum Gasteiger partial charge on any atom is 0.262 e. The fourth-order valence-electron chi connectivity index (χ4n) is 4.05. The van der Waals surface area contributed by atoms with Gasteiger partial charge in [0.2, 0.25) is 5.91 Å². The number of carbonyl (C=O) groups is 1. The molecular weight excluding hydrogens is 382 g/mol. The predicted molar refractivity (Wildman–Crippen MR) is 117 cm³/mol. The Hall–Kier alpha value is -2.47. The zero-order valence-electron chi connectivity index (χ0n) is 17.2. The van der Waals surface area contributed by atoms with E-state index in [1.54, 1.807) is 11.3 Å². The summed E-state index contributed by atoms with van der Waals surface area (Å²) in [5.74, 6) is 0.585. The van der Waals surface area contributed by atoms with E-state index in [1.165, 1.54) is 15.8 Å². The molecule has 0 saturated heterocycles. The molecule has 0 radical (unpaired) electrons. The first-order chi connectivity index (χ1) is 13.9. The van der Waals surface area contributed by atoms with Gasteiger partial charge in [-0.3, -0.25) is 14.2 Å². The second kappa shape index (κ2) is 8.11. The molecule has 1 aliphatic carbocycles. The van der Waals surface area contributed by atoms with Crippen LogP contribution in [0.5, 0.6) is 0 Å². The molecule has 1 aromatic carbocycles. The topological polar surface area (TPSA) is 55.2 Å². The van der Waals surface area contributed by atoms with Crippen molar-refractivity contribution in [1.82, 2.24) is 14.5 Å². The first-order valence-corrected chi connectivity index (χ1v) is 11.1. The largest absolute Gasteiger partial charge is 0.334 e. The normalized spacial score (nSPS) is 16.2. The van der Waals surface area contributed by atoms with E-state index >= 15 is 0 Å². The van der Waals surface area contributed by atoms with E-state index in [2.05, 4.69) is 11.9 Å². The Kier molecular flexibility index (Phi) is 5.54. The van der Waals surface area contributed by atoms with Crippen molar-refractivity contribution in [2.45, 2.75) is 59.2 Å². The van der Waals surface area contributed by atoms with Crippen molar-refractivity contribution in [3.8, 4) is 0 Å². The lowest BCUT2D eigenvalue weighted by Crippen LogP contribution is -2.40. The molecule has 0 saturated carbocycles. The SMILES string of the molecule is CC(C)N(Cc1ccccc1)C(=O)Cn1cnc2sc3c(c2c1=O)CC[C@@H](C)C3. The van der Waals surface area contributed by atoms with Crippen LogP contribution in [0.15, 0.2) is 41.5 Å². The average molecular weight is 410 g/mol. The van der Waals surface area contributed by atoms with Gasteiger partial charge in [-0.2, -0.15) is 0 Å². The molecule has 1 amide bonds. The highest BCUT2D eigenvalue weighted by molar-refractivity contribution is 7.18. The first-order valence-electron chi connectivity index (χ1n) is 10.3. The summed E-state index contributed by atoms with van der Waals surface area (Å²) in [7, 11) is 0. The zero-order chi connectivity index (χ0) is 20.5. The third-order valence-electron chi connectivity index (χ3n) is 5.73. The molecule has 6 heteroatoms. The van der Waals surface area contributed by atoms with Gasteiger partial charge in [0.15, 0.2) is 0 Å². The summed E-state index contributed by atoms with van der Waals surface area (Å²) in [6.07, 6.45) is 4.59. The van der Waals surface area contributed by atoms with Gasteiger partial charge in [-0.25, -0.2) is 4.98 Å². The minimum atomic E-state index is -0.0844. The van der Waals surface area contributed by atoms with E-state index < -0.39 is 0 Å². The van der Waals surface area contributed by atoms with Gasteiger partial charge in [-0.05, 0) is 50.2 Å². The Morgan fingerprint density at radius 1 is 1.31 bits per heavy atom. The molecule has 2 heterocycles. The van der Waals surface area contributed by atoms with Crippen LogP contribution in [0.2, 0.25) is 0 Å². The smallest absolute Gasteiger partial charge is 0.262 e. The molecule has 3 aromatic rings. The standard InChI is InChI=1S/C23H27N3O2S/c1-15(2)26(12-17-7-5-4-6-8-17)20(27)13-25-14-24-22-21(23(25)28)18-10-9-16(3)11-19(18)29-22/h4-8,14-16H,9-13H2,1-3H3/t16-/m1/s1. The van der Waals surface area contributed by atoms with Crippen molar-refractivity contribution in [2.75, 3.05) is 0 Å². The highest BCUT2D eigenvalue weighted by Gasteiger charge is 2.24. The number of benzene rings is 1. The van der Waals surface area contributed by atoms with E-state index in [-0.39, 0.29) is 24.1 Å². The quantitative estimate of drug-likeness (QED) is 0.640. The lowest BCUT2D eigenvalue weighted by molar-refractivity contribution is -0.134. The van der Waals surface area contributed by atoms with Crippen molar-refractivity contribution in [1.29, 1.82) is 0 Å². The second-order valence-corrected chi connectivity index (χ2v) is 9.39. The molecule has 0 N–H and O–H groups in total. The summed E-state index contributed by atoms with van der Waals surface area (Å²) in [6.45, 7) is 6.81. The molecule has 152 valence electrons. The van der Waals surface area contributed by atoms with E-state index in [0.717, 1.165) is 40.6 Å². The number of nitrogens with zero attached hydrogens (tertiary/aromatic N) is 3. The summed E-state index contributed by atoms with van der Waals surface area (Å²) in [5, 5.41) is 0.728. The van der Waals surface area contributed by atoms with Crippen LogP contribution >= 0.6 is 11.3 Å². The molecule has 0 unspecified atom stereocenters. The Balaban J connectivity index is 1.62. The van der Waals surface area contributed by atoms with Gasteiger partial charge in [0.1, 0.15) is 11.4 Å². The van der Waals surface area contributed by atoms with Crippen LogP contribution in [-0.4, -0.2) is 26.4 Å². The highest BCUT2D eigenvalue weighted by Crippen LogP contribution is 2.35. The van der Waals surface area contributed by atoms with E-state index in [4.69, 9.17) is 0 Å². The molecule has 1 atom stereocenters. The number of fused-ring (bicyclic) bond motifs is 3. The number of amides is 1. The lowest BCUT2D eigenvalue weighted by atomic mass is 9.89. The van der Waals surface area contributed by atoms with Crippen molar-refractivity contribution < 1.29 is 4.79 Å². The van der Waals surface area contributed by atoms with Gasteiger partial charge < -0.3 is 4.90 Å². The monoisotopic (exact) mass is 409 g/mol. The molecule has 0 fully saturated rings. The predicted octanol–water partition coefficient (Wildman–Crippen LogP) is 4.02. The number of aryl methyl sites for hydroxylation is 1. The fourth-order valence-corrected chi connectivity index (χ4v) is 5.40. The van der Waals surface area contributed by atoms with Crippen LogP contribution < -0.4 is 5.56 Å². The fraction of sp³-hybridized carbons (Fsp3) is 0.435. The Bertz CT molecular complexity index is 1080. The van der Waals surface area contributed by atoms with Gasteiger partial charge in [-0.1, -0.05) is 37.3 Å². The number of hydrogen-bond acceptors (Lipinski definition) is 4. The number of hydrogen-bond donors (Lipinski definition) is 0. The number of rotatable bonds is 5. The van der Waals surface area contributed by atoms with Crippen LogP contribution in [0.4, 0.5) is 0 Å². The summed E-state index contributed by atoms with van der Waals surface area (Å²) < 4.78 is 1.48. The number of carbonyl (C=O) groups excluding carboxylic acids is 1. The maximum atomic E-state index is 13.2. The van der Waals surface area contributed by atoms with Crippen LogP contribution in [0.3, 0.4) is 0 Å². The Morgan fingerprint density at radius 2 is 2.07 bits per heavy atom. The van der Waals surface area contributed by atoms with E-state index in [9.17, 15) is 9.59 Å². The second-order valence-electron chi connectivity index (χ2n) is 8.31. The van der Waals surface area contributed by atoms with Gasteiger partial charge in [0.05, 0.1) is 11.7 Å². The minimum absolute atomic E-state index is 0.0216.